The minimum absolute atomic E-state index is 0.217. The van der Waals surface area contributed by atoms with Gasteiger partial charge in [0.25, 0.3) is 0 Å². The molecule has 1 amide bonds. The highest BCUT2D eigenvalue weighted by molar-refractivity contribution is 5.81. The molecule has 0 unspecified atom stereocenters. The number of carbonyl (C=O) groups is 1. The molecule has 1 aliphatic rings. The standard InChI is InChI=1S/C18H14F3N5O3/c19-18(20,21)13-10-12(22-14(23-13)11-6-2-1-3-7-11)15-24-29-17(28)26(15)16(27)25-8-4-5-9-25/h1-3,6-7,10H,4-5,8-9H2. The molecule has 3 heterocycles. The molecule has 0 saturated carbocycles. The number of hydrogen-bond acceptors (Lipinski definition) is 6. The van der Waals surface area contributed by atoms with Crippen molar-refractivity contribution in [3.05, 3.63) is 52.6 Å². The van der Waals surface area contributed by atoms with Crippen LogP contribution in [-0.4, -0.2) is 43.7 Å². The van der Waals surface area contributed by atoms with E-state index >= 15 is 0 Å². The third-order valence-electron chi connectivity index (χ3n) is 4.45. The van der Waals surface area contributed by atoms with Crippen LogP contribution in [0.15, 0.2) is 45.7 Å². The molecule has 8 nitrogen and oxygen atoms in total. The van der Waals surface area contributed by atoms with E-state index in [-0.39, 0.29) is 11.5 Å². The Kier molecular flexibility index (Phi) is 4.65. The molecule has 1 aliphatic heterocycles. The summed E-state index contributed by atoms with van der Waals surface area (Å²) in [7, 11) is 0. The topological polar surface area (TPSA) is 94.1 Å². The highest BCUT2D eigenvalue weighted by Crippen LogP contribution is 2.31. The summed E-state index contributed by atoms with van der Waals surface area (Å²) in [5.74, 6) is -1.71. The summed E-state index contributed by atoms with van der Waals surface area (Å²) in [6.45, 7) is 0.867. The number of likely N-dealkylation sites (tertiary alicyclic amines) is 1. The minimum atomic E-state index is -4.77. The van der Waals surface area contributed by atoms with Crippen LogP contribution in [0.3, 0.4) is 0 Å². The van der Waals surface area contributed by atoms with Crippen molar-refractivity contribution >= 4 is 6.03 Å². The fraction of sp³-hybridized carbons (Fsp3) is 0.278. The highest BCUT2D eigenvalue weighted by atomic mass is 19.4. The smallest absolute Gasteiger partial charge is 0.324 e. The molecule has 1 fully saturated rings. The Hall–Kier alpha value is -3.50. The predicted octanol–water partition coefficient (Wildman–Crippen LogP) is 3.04. The van der Waals surface area contributed by atoms with Crippen molar-refractivity contribution < 1.29 is 22.5 Å². The molecule has 2 aromatic heterocycles. The van der Waals surface area contributed by atoms with Gasteiger partial charge in [-0.2, -0.15) is 17.7 Å². The molecular weight excluding hydrogens is 391 g/mol. The van der Waals surface area contributed by atoms with Crippen LogP contribution >= 0.6 is 0 Å². The van der Waals surface area contributed by atoms with Gasteiger partial charge in [0.1, 0.15) is 11.4 Å². The molecule has 1 aromatic carbocycles. The van der Waals surface area contributed by atoms with E-state index in [0.717, 1.165) is 12.8 Å². The maximum absolute atomic E-state index is 13.4. The maximum atomic E-state index is 13.4. The Balaban J connectivity index is 1.87. The van der Waals surface area contributed by atoms with Gasteiger partial charge in [0.15, 0.2) is 5.82 Å². The van der Waals surface area contributed by atoms with Gasteiger partial charge in [-0.3, -0.25) is 4.52 Å². The Labute approximate surface area is 161 Å². The van der Waals surface area contributed by atoms with E-state index in [9.17, 15) is 22.8 Å². The summed E-state index contributed by atoms with van der Waals surface area (Å²) in [4.78, 5) is 33.8. The summed E-state index contributed by atoms with van der Waals surface area (Å²) in [5.41, 5.74) is -1.23. The number of benzene rings is 1. The van der Waals surface area contributed by atoms with Crippen LogP contribution < -0.4 is 5.76 Å². The summed E-state index contributed by atoms with van der Waals surface area (Å²) < 4.78 is 45.4. The van der Waals surface area contributed by atoms with Crippen molar-refractivity contribution in [3.8, 4) is 22.9 Å². The zero-order valence-electron chi connectivity index (χ0n) is 14.9. The quantitative estimate of drug-likeness (QED) is 0.651. The van der Waals surface area contributed by atoms with E-state index in [2.05, 4.69) is 19.6 Å². The summed E-state index contributed by atoms with van der Waals surface area (Å²) in [5, 5.41) is 3.51. The van der Waals surface area contributed by atoms with Crippen LogP contribution in [0.1, 0.15) is 18.5 Å². The molecule has 0 atom stereocenters. The van der Waals surface area contributed by atoms with Crippen LogP contribution in [0, 0.1) is 0 Å². The Bertz CT molecular complexity index is 1100. The van der Waals surface area contributed by atoms with Gasteiger partial charge in [-0.05, 0) is 18.9 Å². The normalized spacial score (nSPS) is 14.4. The summed E-state index contributed by atoms with van der Waals surface area (Å²) in [6.07, 6.45) is -3.23. The van der Waals surface area contributed by atoms with Crippen molar-refractivity contribution in [2.24, 2.45) is 0 Å². The van der Waals surface area contributed by atoms with Gasteiger partial charge in [0, 0.05) is 18.7 Å². The number of carbonyl (C=O) groups excluding carboxylic acids is 1. The number of rotatable bonds is 2. The zero-order valence-corrected chi connectivity index (χ0v) is 14.9. The van der Waals surface area contributed by atoms with Crippen molar-refractivity contribution in [2.75, 3.05) is 13.1 Å². The minimum Gasteiger partial charge on any atom is -0.324 e. The molecule has 3 aromatic rings. The predicted molar refractivity (Wildman–Crippen MR) is 93.8 cm³/mol. The maximum Gasteiger partial charge on any atom is 0.450 e. The van der Waals surface area contributed by atoms with E-state index in [1.54, 1.807) is 30.3 Å². The lowest BCUT2D eigenvalue weighted by atomic mass is 10.2. The molecule has 0 bridgehead atoms. The molecule has 0 spiro atoms. The number of amides is 1. The first-order valence-corrected chi connectivity index (χ1v) is 8.74. The van der Waals surface area contributed by atoms with Crippen LogP contribution in [-0.2, 0) is 6.18 Å². The Morgan fingerprint density at radius 1 is 1.07 bits per heavy atom. The van der Waals surface area contributed by atoms with Gasteiger partial charge in [0.2, 0.25) is 5.82 Å². The second-order valence-corrected chi connectivity index (χ2v) is 6.41. The molecule has 0 aliphatic carbocycles. The number of nitrogens with zero attached hydrogens (tertiary/aromatic N) is 5. The van der Waals surface area contributed by atoms with Crippen molar-refractivity contribution in [1.29, 1.82) is 0 Å². The Morgan fingerprint density at radius 2 is 1.76 bits per heavy atom. The first-order valence-electron chi connectivity index (χ1n) is 8.74. The molecular formula is C18H14F3N5O3. The Morgan fingerprint density at radius 3 is 2.41 bits per heavy atom. The molecule has 1 saturated heterocycles. The highest BCUT2D eigenvalue weighted by Gasteiger charge is 2.35. The van der Waals surface area contributed by atoms with E-state index in [1.165, 1.54) is 4.90 Å². The first-order chi connectivity index (χ1) is 13.8. The van der Waals surface area contributed by atoms with E-state index in [4.69, 9.17) is 0 Å². The first kappa shape index (κ1) is 18.8. The molecule has 0 N–H and O–H groups in total. The second kappa shape index (κ2) is 7.15. The van der Waals surface area contributed by atoms with Gasteiger partial charge in [0.05, 0.1) is 0 Å². The summed E-state index contributed by atoms with van der Waals surface area (Å²) >= 11 is 0. The van der Waals surface area contributed by atoms with Gasteiger partial charge in [-0.15, -0.1) is 0 Å². The number of halogens is 3. The number of aromatic nitrogens is 4. The number of alkyl halides is 3. The molecule has 150 valence electrons. The van der Waals surface area contributed by atoms with Crippen molar-refractivity contribution in [2.45, 2.75) is 19.0 Å². The van der Waals surface area contributed by atoms with E-state index < -0.39 is 29.5 Å². The van der Waals surface area contributed by atoms with Crippen LogP contribution in [0.5, 0.6) is 0 Å². The van der Waals surface area contributed by atoms with Crippen LogP contribution in [0.4, 0.5) is 18.0 Å². The SMILES string of the molecule is O=C(N1CCCC1)n1c(-c2cc(C(F)(F)F)nc(-c3ccccc3)n2)noc1=O. The lowest BCUT2D eigenvalue weighted by Gasteiger charge is -2.15. The monoisotopic (exact) mass is 405 g/mol. The van der Waals surface area contributed by atoms with E-state index in [1.807, 2.05) is 0 Å². The van der Waals surface area contributed by atoms with Gasteiger partial charge in [-0.1, -0.05) is 35.5 Å². The fourth-order valence-corrected chi connectivity index (χ4v) is 3.05. The average Bonchev–Trinajstić information content (AvgIpc) is 3.37. The molecule has 4 rings (SSSR count). The number of hydrogen-bond donors (Lipinski definition) is 0. The summed E-state index contributed by atoms with van der Waals surface area (Å²) in [6, 6.07) is 7.97. The molecule has 11 heteroatoms. The van der Waals surface area contributed by atoms with Gasteiger partial charge >= 0.3 is 18.0 Å². The van der Waals surface area contributed by atoms with E-state index in [0.29, 0.717) is 29.3 Å². The van der Waals surface area contributed by atoms with Crippen molar-refractivity contribution in [3.63, 3.8) is 0 Å². The van der Waals surface area contributed by atoms with Gasteiger partial charge in [-0.25, -0.2) is 19.6 Å². The third-order valence-corrected chi connectivity index (χ3v) is 4.45. The third kappa shape index (κ3) is 3.62. The van der Waals surface area contributed by atoms with Crippen molar-refractivity contribution in [1.82, 2.24) is 24.6 Å². The van der Waals surface area contributed by atoms with Crippen LogP contribution in [0.2, 0.25) is 0 Å². The largest absolute Gasteiger partial charge is 0.450 e. The van der Waals surface area contributed by atoms with Crippen LogP contribution in [0.25, 0.3) is 22.9 Å². The fourth-order valence-electron chi connectivity index (χ4n) is 3.05. The molecule has 0 radical (unpaired) electrons. The zero-order chi connectivity index (χ0) is 20.6. The lowest BCUT2D eigenvalue weighted by Crippen LogP contribution is -2.37. The molecule has 29 heavy (non-hydrogen) atoms. The van der Waals surface area contributed by atoms with Gasteiger partial charge < -0.3 is 4.90 Å². The average molecular weight is 405 g/mol. The lowest BCUT2D eigenvalue weighted by molar-refractivity contribution is -0.141. The second-order valence-electron chi connectivity index (χ2n) is 6.41.